The minimum absolute atomic E-state index is 0.0852. The summed E-state index contributed by atoms with van der Waals surface area (Å²) in [4.78, 5) is 26.4. The van der Waals surface area contributed by atoms with Crippen LogP contribution in [0.1, 0.15) is 10.5 Å². The largest absolute Gasteiger partial charge is 0.395 e. The lowest BCUT2D eigenvalue weighted by molar-refractivity contribution is -0.384. The van der Waals surface area contributed by atoms with E-state index in [9.17, 15) is 20.0 Å². The molecule has 1 aliphatic rings. The fourth-order valence-electron chi connectivity index (χ4n) is 1.98. The van der Waals surface area contributed by atoms with Gasteiger partial charge in [-0.25, -0.2) is 0 Å². The molecule has 2 N–H and O–H groups in total. The molecule has 8 nitrogen and oxygen atoms in total. The smallest absolute Gasteiger partial charge is 0.287 e. The van der Waals surface area contributed by atoms with Crippen molar-refractivity contribution in [2.75, 3.05) is 32.9 Å². The van der Waals surface area contributed by atoms with Gasteiger partial charge >= 0.3 is 0 Å². The number of rotatable bonds is 5. The van der Waals surface area contributed by atoms with E-state index in [1.165, 1.54) is 12.3 Å². The van der Waals surface area contributed by atoms with Crippen LogP contribution in [0.3, 0.4) is 0 Å². The number of nitrogens with zero attached hydrogens (tertiary/aromatic N) is 2. The van der Waals surface area contributed by atoms with E-state index in [-0.39, 0.29) is 36.4 Å². The molecule has 1 atom stereocenters. The molecular formula is C11H15N3O5. The number of aliphatic hydroxyl groups is 1. The molecule has 0 aromatic carbocycles. The van der Waals surface area contributed by atoms with Crippen molar-refractivity contribution < 1.29 is 19.6 Å². The Morgan fingerprint density at radius 3 is 3.11 bits per heavy atom. The zero-order valence-corrected chi connectivity index (χ0v) is 10.2. The highest BCUT2D eigenvalue weighted by Gasteiger charge is 2.25. The summed E-state index contributed by atoms with van der Waals surface area (Å²) in [7, 11) is 0. The van der Waals surface area contributed by atoms with E-state index in [0.29, 0.717) is 19.8 Å². The van der Waals surface area contributed by atoms with Gasteiger partial charge in [-0.3, -0.25) is 19.8 Å². The van der Waals surface area contributed by atoms with Crippen molar-refractivity contribution in [1.82, 2.24) is 9.88 Å². The number of carbonyl (C=O) groups excluding carboxylic acids is 1. The Morgan fingerprint density at radius 2 is 2.47 bits per heavy atom. The minimum atomic E-state index is -0.557. The van der Waals surface area contributed by atoms with Crippen LogP contribution in [0, 0.1) is 10.1 Å². The second-order valence-electron chi connectivity index (χ2n) is 4.33. The van der Waals surface area contributed by atoms with Crippen LogP contribution in [0.25, 0.3) is 0 Å². The molecular weight excluding hydrogens is 254 g/mol. The van der Waals surface area contributed by atoms with E-state index >= 15 is 0 Å². The Bertz CT molecular complexity index is 473. The summed E-state index contributed by atoms with van der Waals surface area (Å²) in [5, 5.41) is 19.7. The van der Waals surface area contributed by atoms with Crippen molar-refractivity contribution in [2.24, 2.45) is 0 Å². The number of aromatic amines is 1. The second-order valence-corrected chi connectivity index (χ2v) is 4.33. The third-order valence-corrected chi connectivity index (χ3v) is 3.09. The number of nitro groups is 1. The molecule has 1 fully saturated rings. The standard InChI is InChI=1S/C11H15N3O5/c15-6-9-7-19-2-1-13(9)5-11(16)10-3-8(4-12-10)14(17)18/h3-4,9,12,15H,1-2,5-7H2. The van der Waals surface area contributed by atoms with Crippen molar-refractivity contribution in [1.29, 1.82) is 0 Å². The van der Waals surface area contributed by atoms with Gasteiger partial charge in [0, 0.05) is 12.6 Å². The van der Waals surface area contributed by atoms with Crippen LogP contribution in [0.4, 0.5) is 5.69 Å². The van der Waals surface area contributed by atoms with Crippen molar-refractivity contribution >= 4 is 11.5 Å². The van der Waals surface area contributed by atoms with E-state index in [4.69, 9.17) is 4.74 Å². The number of aromatic nitrogens is 1. The van der Waals surface area contributed by atoms with Crippen molar-refractivity contribution in [3.63, 3.8) is 0 Å². The fraction of sp³-hybridized carbons (Fsp3) is 0.545. The van der Waals surface area contributed by atoms with Crippen molar-refractivity contribution in [3.05, 3.63) is 28.1 Å². The number of carbonyl (C=O) groups is 1. The molecule has 0 amide bonds. The Balaban J connectivity index is 2.01. The van der Waals surface area contributed by atoms with Crippen molar-refractivity contribution in [2.45, 2.75) is 6.04 Å². The van der Waals surface area contributed by atoms with E-state index in [2.05, 4.69) is 4.98 Å². The minimum Gasteiger partial charge on any atom is -0.395 e. The molecule has 2 rings (SSSR count). The van der Waals surface area contributed by atoms with Gasteiger partial charge in [0.1, 0.15) is 0 Å². The van der Waals surface area contributed by atoms with E-state index in [0.717, 1.165) is 0 Å². The molecule has 104 valence electrons. The zero-order valence-electron chi connectivity index (χ0n) is 10.2. The van der Waals surface area contributed by atoms with Gasteiger partial charge in [0.15, 0.2) is 5.78 Å². The molecule has 1 saturated heterocycles. The number of hydrogen-bond donors (Lipinski definition) is 2. The number of Topliss-reactive ketones (excluding diaryl/α,β-unsaturated/α-hetero) is 1. The molecule has 19 heavy (non-hydrogen) atoms. The Morgan fingerprint density at radius 1 is 1.68 bits per heavy atom. The third-order valence-electron chi connectivity index (χ3n) is 3.09. The summed E-state index contributed by atoms with van der Waals surface area (Å²) in [6.07, 6.45) is 1.19. The van der Waals surface area contributed by atoms with Gasteiger partial charge in [-0.2, -0.15) is 0 Å². The first kappa shape index (κ1) is 13.7. The van der Waals surface area contributed by atoms with E-state index in [1.54, 1.807) is 0 Å². The molecule has 8 heteroatoms. The maximum absolute atomic E-state index is 12.0. The summed E-state index contributed by atoms with van der Waals surface area (Å²) < 4.78 is 5.22. The lowest BCUT2D eigenvalue weighted by Crippen LogP contribution is -2.49. The van der Waals surface area contributed by atoms with Gasteiger partial charge in [0.25, 0.3) is 5.69 Å². The molecule has 0 saturated carbocycles. The highest BCUT2D eigenvalue weighted by atomic mass is 16.6. The summed E-state index contributed by atoms with van der Waals surface area (Å²) >= 11 is 0. The molecule has 1 aromatic rings. The Hall–Kier alpha value is -1.77. The molecule has 0 bridgehead atoms. The predicted octanol–water partition coefficient (Wildman–Crippen LogP) is -0.201. The SMILES string of the molecule is O=C(CN1CCOCC1CO)c1cc([N+](=O)[O-])c[nH]1. The van der Waals surface area contributed by atoms with Crippen LogP contribution >= 0.6 is 0 Å². The highest BCUT2D eigenvalue weighted by molar-refractivity contribution is 5.96. The molecule has 0 spiro atoms. The molecule has 1 aromatic heterocycles. The summed E-state index contributed by atoms with van der Waals surface area (Å²) in [6, 6.07) is 1.01. The topological polar surface area (TPSA) is 109 Å². The highest BCUT2D eigenvalue weighted by Crippen LogP contribution is 2.14. The van der Waals surface area contributed by atoms with Crippen LogP contribution < -0.4 is 0 Å². The summed E-state index contributed by atoms with van der Waals surface area (Å²) in [5.74, 6) is -0.242. The molecule has 2 heterocycles. The first-order chi connectivity index (χ1) is 9.11. The molecule has 0 aliphatic carbocycles. The van der Waals surface area contributed by atoms with Gasteiger partial charge in [-0.05, 0) is 0 Å². The maximum Gasteiger partial charge on any atom is 0.287 e. The zero-order chi connectivity index (χ0) is 13.8. The van der Waals surface area contributed by atoms with Gasteiger partial charge < -0.3 is 14.8 Å². The number of ether oxygens (including phenoxy) is 1. The van der Waals surface area contributed by atoms with Gasteiger partial charge in [0.2, 0.25) is 0 Å². The van der Waals surface area contributed by atoms with E-state index < -0.39 is 4.92 Å². The lowest BCUT2D eigenvalue weighted by atomic mass is 10.2. The number of morpholine rings is 1. The van der Waals surface area contributed by atoms with Crippen LogP contribution in [-0.2, 0) is 4.74 Å². The quantitative estimate of drug-likeness (QED) is 0.435. The van der Waals surface area contributed by atoms with Crippen LogP contribution in [0.5, 0.6) is 0 Å². The average molecular weight is 269 g/mol. The van der Waals surface area contributed by atoms with Crippen molar-refractivity contribution in [3.8, 4) is 0 Å². The van der Waals surface area contributed by atoms with Gasteiger partial charge in [0.05, 0.1) is 49.2 Å². The first-order valence-corrected chi connectivity index (χ1v) is 5.90. The fourth-order valence-corrected chi connectivity index (χ4v) is 1.98. The van der Waals surface area contributed by atoms with Gasteiger partial charge in [-0.1, -0.05) is 0 Å². The predicted molar refractivity (Wildman–Crippen MR) is 65.0 cm³/mol. The summed E-state index contributed by atoms with van der Waals surface area (Å²) in [5.41, 5.74) is 0.0684. The first-order valence-electron chi connectivity index (χ1n) is 5.90. The number of nitrogens with one attached hydrogen (secondary N) is 1. The monoisotopic (exact) mass is 269 g/mol. The van der Waals surface area contributed by atoms with Gasteiger partial charge in [-0.15, -0.1) is 0 Å². The summed E-state index contributed by atoms with van der Waals surface area (Å²) in [6.45, 7) is 1.47. The number of hydrogen-bond acceptors (Lipinski definition) is 6. The Kier molecular flexibility index (Phi) is 4.25. The third kappa shape index (κ3) is 3.16. The maximum atomic E-state index is 12.0. The molecule has 0 radical (unpaired) electrons. The van der Waals surface area contributed by atoms with Crippen LogP contribution in [0.2, 0.25) is 0 Å². The number of ketones is 1. The average Bonchev–Trinajstić information content (AvgIpc) is 2.89. The number of aliphatic hydroxyl groups excluding tert-OH is 1. The second kappa shape index (κ2) is 5.91. The molecule has 1 unspecified atom stereocenters. The normalized spacial score (nSPS) is 20.4. The van der Waals surface area contributed by atoms with E-state index in [1.807, 2.05) is 4.90 Å². The van der Waals surface area contributed by atoms with Crippen LogP contribution in [-0.4, -0.2) is 64.6 Å². The molecule has 1 aliphatic heterocycles. The number of H-pyrrole nitrogens is 1. The Labute approximate surface area is 109 Å². The lowest BCUT2D eigenvalue weighted by Gasteiger charge is -2.33. The van der Waals surface area contributed by atoms with Crippen LogP contribution in [0.15, 0.2) is 12.3 Å².